The zero-order valence-corrected chi connectivity index (χ0v) is 19.0. The molecule has 3 aromatic rings. The van der Waals surface area contributed by atoms with Crippen LogP contribution in [-0.2, 0) is 16.6 Å². The Bertz CT molecular complexity index is 1090. The third kappa shape index (κ3) is 5.12. The summed E-state index contributed by atoms with van der Waals surface area (Å²) in [4.78, 5) is 4.73. The van der Waals surface area contributed by atoms with E-state index in [1.807, 2.05) is 57.2 Å². The van der Waals surface area contributed by atoms with Crippen molar-refractivity contribution in [3.63, 3.8) is 0 Å². The van der Waals surface area contributed by atoms with Crippen LogP contribution in [0.4, 0.5) is 0 Å². The van der Waals surface area contributed by atoms with Gasteiger partial charge in [-0.25, -0.2) is 8.42 Å². The van der Waals surface area contributed by atoms with Gasteiger partial charge in [-0.15, -0.1) is 0 Å². The summed E-state index contributed by atoms with van der Waals surface area (Å²) in [5.41, 5.74) is 1.72. The summed E-state index contributed by atoms with van der Waals surface area (Å²) in [7, 11) is -1.86. The summed E-state index contributed by atoms with van der Waals surface area (Å²) >= 11 is 0. The smallest absolute Gasteiger partial charge is 0.243 e. The number of hydrogen-bond acceptors (Lipinski definition) is 7. The zero-order valence-electron chi connectivity index (χ0n) is 18.2. The zero-order chi connectivity index (χ0) is 22.4. The van der Waals surface area contributed by atoms with Gasteiger partial charge < -0.3 is 14.6 Å². The Kier molecular flexibility index (Phi) is 7.42. The van der Waals surface area contributed by atoms with E-state index in [4.69, 9.17) is 9.26 Å². The van der Waals surface area contributed by atoms with Crippen LogP contribution in [0.5, 0.6) is 5.75 Å². The van der Waals surface area contributed by atoms with Crippen LogP contribution >= 0.6 is 0 Å². The molecular formula is C22H28N4O4S. The number of para-hydroxylation sites is 1. The van der Waals surface area contributed by atoms with Crippen LogP contribution in [0.15, 0.2) is 57.9 Å². The highest BCUT2D eigenvalue weighted by molar-refractivity contribution is 7.89. The van der Waals surface area contributed by atoms with Crippen molar-refractivity contribution in [1.82, 2.24) is 19.8 Å². The quantitative estimate of drug-likeness (QED) is 0.510. The molecule has 1 heterocycles. The van der Waals surface area contributed by atoms with Gasteiger partial charge in [0.1, 0.15) is 5.75 Å². The lowest BCUT2D eigenvalue weighted by Gasteiger charge is -2.19. The summed E-state index contributed by atoms with van der Waals surface area (Å²) in [5.74, 6) is 1.59. The number of benzene rings is 2. The van der Waals surface area contributed by atoms with Gasteiger partial charge in [0.2, 0.25) is 21.7 Å². The molecule has 0 spiro atoms. The minimum atomic E-state index is -3.46. The van der Waals surface area contributed by atoms with Crippen molar-refractivity contribution in [3.8, 4) is 17.1 Å². The van der Waals surface area contributed by atoms with E-state index in [2.05, 4.69) is 15.5 Å². The van der Waals surface area contributed by atoms with Gasteiger partial charge in [0.05, 0.1) is 24.1 Å². The standard InChI is InChI=1S/C22H28N4O4S/c1-5-26(6-2)31(27,28)18-13-11-17(12-14-18)16(3)23-15-21-24-22(25-30-21)19-9-7-8-10-20(19)29-4/h7-14,16,23H,5-6,15H2,1-4H3/t16-/m1/s1. The molecule has 0 fully saturated rings. The molecular weight excluding hydrogens is 416 g/mol. The van der Waals surface area contributed by atoms with E-state index in [9.17, 15) is 8.42 Å². The Hall–Kier alpha value is -2.75. The Labute approximate surface area is 183 Å². The monoisotopic (exact) mass is 444 g/mol. The lowest BCUT2D eigenvalue weighted by atomic mass is 10.1. The molecule has 1 N–H and O–H groups in total. The average molecular weight is 445 g/mol. The largest absolute Gasteiger partial charge is 0.496 e. The number of methoxy groups -OCH3 is 1. The first-order chi connectivity index (χ1) is 14.9. The van der Waals surface area contributed by atoms with Crippen LogP contribution in [0, 0.1) is 0 Å². The van der Waals surface area contributed by atoms with Crippen LogP contribution in [0.2, 0.25) is 0 Å². The predicted octanol–water partition coefficient (Wildman–Crippen LogP) is 3.63. The van der Waals surface area contributed by atoms with Gasteiger partial charge in [0, 0.05) is 19.1 Å². The lowest BCUT2D eigenvalue weighted by molar-refractivity contribution is 0.360. The maximum atomic E-state index is 12.6. The first-order valence-corrected chi connectivity index (χ1v) is 11.6. The van der Waals surface area contributed by atoms with Crippen LogP contribution < -0.4 is 10.1 Å². The number of nitrogens with zero attached hydrogens (tertiary/aromatic N) is 3. The number of nitrogens with one attached hydrogen (secondary N) is 1. The number of sulfonamides is 1. The molecule has 0 bridgehead atoms. The normalized spacial score (nSPS) is 12.8. The molecule has 0 unspecified atom stereocenters. The molecule has 1 aromatic heterocycles. The topological polar surface area (TPSA) is 97.6 Å². The number of hydrogen-bond donors (Lipinski definition) is 1. The number of ether oxygens (including phenoxy) is 1. The van der Waals surface area contributed by atoms with Crippen molar-refractivity contribution in [3.05, 3.63) is 60.0 Å². The van der Waals surface area contributed by atoms with Gasteiger partial charge in [-0.2, -0.15) is 9.29 Å². The molecule has 31 heavy (non-hydrogen) atoms. The van der Waals surface area contributed by atoms with E-state index in [1.54, 1.807) is 19.2 Å². The second-order valence-corrected chi connectivity index (χ2v) is 8.91. The number of aromatic nitrogens is 2. The van der Waals surface area contributed by atoms with Crippen molar-refractivity contribution >= 4 is 10.0 Å². The summed E-state index contributed by atoms with van der Waals surface area (Å²) < 4.78 is 37.4. The fourth-order valence-electron chi connectivity index (χ4n) is 3.26. The molecule has 0 saturated heterocycles. The Morgan fingerprint density at radius 2 is 1.77 bits per heavy atom. The van der Waals surface area contributed by atoms with Gasteiger partial charge in [0.25, 0.3) is 0 Å². The molecule has 0 saturated carbocycles. The van der Waals surface area contributed by atoms with Crippen LogP contribution in [0.25, 0.3) is 11.4 Å². The van der Waals surface area contributed by atoms with Gasteiger partial charge in [-0.1, -0.05) is 43.3 Å². The highest BCUT2D eigenvalue weighted by atomic mass is 32.2. The minimum Gasteiger partial charge on any atom is -0.496 e. The summed E-state index contributed by atoms with van der Waals surface area (Å²) in [6, 6.07) is 14.4. The molecule has 9 heteroatoms. The van der Waals surface area contributed by atoms with E-state index in [0.29, 0.717) is 42.0 Å². The maximum Gasteiger partial charge on any atom is 0.243 e. The van der Waals surface area contributed by atoms with Gasteiger partial charge >= 0.3 is 0 Å². The van der Waals surface area contributed by atoms with Gasteiger partial charge in [-0.05, 0) is 36.8 Å². The highest BCUT2D eigenvalue weighted by Crippen LogP contribution is 2.27. The summed E-state index contributed by atoms with van der Waals surface area (Å²) in [5, 5.41) is 7.36. The van der Waals surface area contributed by atoms with Crippen LogP contribution in [0.3, 0.4) is 0 Å². The SMILES string of the molecule is CCN(CC)S(=O)(=O)c1ccc([C@@H](C)NCc2nc(-c3ccccc3OC)no2)cc1. The lowest BCUT2D eigenvalue weighted by Crippen LogP contribution is -2.30. The minimum absolute atomic E-state index is 0.0354. The molecule has 0 aliphatic carbocycles. The third-order valence-electron chi connectivity index (χ3n) is 5.10. The summed E-state index contributed by atoms with van der Waals surface area (Å²) in [6.45, 7) is 6.92. The highest BCUT2D eigenvalue weighted by Gasteiger charge is 2.21. The first kappa shape index (κ1) is 22.9. The molecule has 0 amide bonds. The third-order valence-corrected chi connectivity index (χ3v) is 7.16. The fraction of sp³-hybridized carbons (Fsp3) is 0.364. The van der Waals surface area contributed by atoms with E-state index in [-0.39, 0.29) is 6.04 Å². The number of rotatable bonds is 10. The first-order valence-electron chi connectivity index (χ1n) is 10.2. The Morgan fingerprint density at radius 1 is 1.10 bits per heavy atom. The van der Waals surface area contributed by atoms with E-state index in [0.717, 1.165) is 11.1 Å². The van der Waals surface area contributed by atoms with Crippen LogP contribution in [0.1, 0.15) is 38.3 Å². The Balaban J connectivity index is 1.65. The molecule has 166 valence electrons. The molecule has 0 radical (unpaired) electrons. The van der Waals surface area contributed by atoms with Crippen molar-refractivity contribution in [2.75, 3.05) is 20.2 Å². The van der Waals surface area contributed by atoms with Crippen molar-refractivity contribution < 1.29 is 17.7 Å². The van der Waals surface area contributed by atoms with Crippen LogP contribution in [-0.4, -0.2) is 43.1 Å². The van der Waals surface area contributed by atoms with E-state index >= 15 is 0 Å². The fourth-order valence-corrected chi connectivity index (χ4v) is 4.72. The van der Waals surface area contributed by atoms with Gasteiger partial charge in [0.15, 0.2) is 0 Å². The summed E-state index contributed by atoms with van der Waals surface area (Å²) in [6.07, 6.45) is 0. The van der Waals surface area contributed by atoms with E-state index in [1.165, 1.54) is 4.31 Å². The Morgan fingerprint density at radius 3 is 2.42 bits per heavy atom. The van der Waals surface area contributed by atoms with Crippen molar-refractivity contribution in [1.29, 1.82) is 0 Å². The molecule has 0 aliphatic heterocycles. The second-order valence-electron chi connectivity index (χ2n) is 6.97. The predicted molar refractivity (Wildman–Crippen MR) is 118 cm³/mol. The second kappa shape index (κ2) is 10.0. The molecule has 8 nitrogen and oxygen atoms in total. The maximum absolute atomic E-state index is 12.6. The average Bonchev–Trinajstić information content (AvgIpc) is 3.27. The van der Waals surface area contributed by atoms with Gasteiger partial charge in [-0.3, -0.25) is 0 Å². The molecule has 2 aromatic carbocycles. The van der Waals surface area contributed by atoms with Crippen molar-refractivity contribution in [2.24, 2.45) is 0 Å². The van der Waals surface area contributed by atoms with Crippen molar-refractivity contribution in [2.45, 2.75) is 38.3 Å². The molecule has 1 atom stereocenters. The molecule has 3 rings (SSSR count). The van der Waals surface area contributed by atoms with E-state index < -0.39 is 10.0 Å². The molecule has 0 aliphatic rings.